The quantitative estimate of drug-likeness (QED) is 0.170. The molecule has 0 heterocycles. The molecule has 33 heavy (non-hydrogen) atoms. The normalized spacial score (nSPS) is 10.8. The van der Waals surface area contributed by atoms with Crippen molar-refractivity contribution in [2.75, 3.05) is 19.0 Å². The van der Waals surface area contributed by atoms with Gasteiger partial charge >= 0.3 is 5.97 Å². The molecule has 0 saturated heterocycles. The highest BCUT2D eigenvalue weighted by atomic mass is 16.5. The third-order valence-electron chi connectivity index (χ3n) is 4.53. The van der Waals surface area contributed by atoms with Crippen LogP contribution in [0.3, 0.4) is 0 Å². The van der Waals surface area contributed by atoms with Gasteiger partial charge in [-0.25, -0.2) is 10.2 Å². The molecular weight excluding hydrogens is 418 g/mol. The van der Waals surface area contributed by atoms with E-state index in [1.54, 1.807) is 37.5 Å². The molecular formula is C26H25N3O4. The Morgan fingerprint density at radius 2 is 1.52 bits per heavy atom. The van der Waals surface area contributed by atoms with Crippen molar-refractivity contribution in [3.8, 4) is 11.5 Å². The molecule has 3 aromatic rings. The molecule has 0 bridgehead atoms. The van der Waals surface area contributed by atoms with Crippen LogP contribution < -0.4 is 20.2 Å². The van der Waals surface area contributed by atoms with Crippen LogP contribution in [-0.2, 0) is 9.59 Å². The number of amides is 1. The number of aryl methyl sites for hydroxylation is 1. The fourth-order valence-corrected chi connectivity index (χ4v) is 2.72. The lowest BCUT2D eigenvalue weighted by molar-refractivity contribution is -0.129. The first-order chi connectivity index (χ1) is 16.0. The molecule has 0 atom stereocenters. The summed E-state index contributed by atoms with van der Waals surface area (Å²) >= 11 is 0. The van der Waals surface area contributed by atoms with Crippen LogP contribution in [0.25, 0.3) is 6.08 Å². The van der Waals surface area contributed by atoms with Crippen molar-refractivity contribution in [1.29, 1.82) is 0 Å². The third-order valence-corrected chi connectivity index (χ3v) is 4.53. The SMILES string of the molecule is COc1ccc(/C=C/C(=O)Oc2ccc(/C=N/NC(=O)CNc3ccc(C)cc3)cc2)cc1. The molecule has 0 spiro atoms. The number of hydrogen-bond acceptors (Lipinski definition) is 6. The van der Waals surface area contributed by atoms with Crippen molar-refractivity contribution in [2.24, 2.45) is 5.10 Å². The number of methoxy groups -OCH3 is 1. The number of hydrazone groups is 1. The van der Waals surface area contributed by atoms with E-state index in [4.69, 9.17) is 9.47 Å². The maximum Gasteiger partial charge on any atom is 0.336 e. The van der Waals surface area contributed by atoms with E-state index >= 15 is 0 Å². The van der Waals surface area contributed by atoms with Crippen LogP contribution in [0.4, 0.5) is 5.69 Å². The maximum absolute atomic E-state index is 12.0. The summed E-state index contributed by atoms with van der Waals surface area (Å²) < 4.78 is 10.4. The second kappa shape index (κ2) is 11.9. The molecule has 7 heteroatoms. The van der Waals surface area contributed by atoms with Gasteiger partial charge in [-0.1, -0.05) is 29.8 Å². The Bertz CT molecular complexity index is 1120. The number of rotatable bonds is 9. The minimum Gasteiger partial charge on any atom is -0.497 e. The van der Waals surface area contributed by atoms with E-state index in [2.05, 4.69) is 15.8 Å². The Morgan fingerprint density at radius 1 is 0.879 bits per heavy atom. The zero-order valence-corrected chi connectivity index (χ0v) is 18.4. The molecule has 0 fully saturated rings. The minimum atomic E-state index is -0.486. The molecule has 0 radical (unpaired) electrons. The van der Waals surface area contributed by atoms with Crippen molar-refractivity contribution < 1.29 is 19.1 Å². The summed E-state index contributed by atoms with van der Waals surface area (Å²) in [6, 6.07) is 21.8. The van der Waals surface area contributed by atoms with Gasteiger partial charge in [-0.3, -0.25) is 4.79 Å². The molecule has 2 N–H and O–H groups in total. The molecule has 0 unspecified atom stereocenters. The van der Waals surface area contributed by atoms with Crippen molar-refractivity contribution in [3.63, 3.8) is 0 Å². The number of esters is 1. The molecule has 0 aliphatic rings. The highest BCUT2D eigenvalue weighted by Gasteiger charge is 2.02. The number of carbonyl (C=O) groups excluding carboxylic acids is 2. The van der Waals surface area contributed by atoms with Crippen LogP contribution in [0.5, 0.6) is 11.5 Å². The van der Waals surface area contributed by atoms with Gasteiger partial charge in [0.1, 0.15) is 11.5 Å². The number of carbonyl (C=O) groups is 2. The largest absolute Gasteiger partial charge is 0.497 e. The van der Waals surface area contributed by atoms with E-state index in [1.807, 2.05) is 55.5 Å². The predicted octanol–water partition coefficient (Wildman–Crippen LogP) is 4.18. The van der Waals surface area contributed by atoms with E-state index in [0.29, 0.717) is 5.75 Å². The first-order valence-electron chi connectivity index (χ1n) is 10.3. The van der Waals surface area contributed by atoms with Crippen LogP contribution >= 0.6 is 0 Å². The smallest absolute Gasteiger partial charge is 0.336 e. The molecule has 3 rings (SSSR count). The number of nitrogens with zero attached hydrogens (tertiary/aromatic N) is 1. The highest BCUT2D eigenvalue weighted by Crippen LogP contribution is 2.14. The van der Waals surface area contributed by atoms with Gasteiger partial charge in [0.2, 0.25) is 0 Å². The third kappa shape index (κ3) is 7.99. The van der Waals surface area contributed by atoms with E-state index in [0.717, 1.165) is 28.1 Å². The van der Waals surface area contributed by atoms with E-state index < -0.39 is 5.97 Å². The number of ether oxygens (including phenoxy) is 2. The minimum absolute atomic E-state index is 0.110. The monoisotopic (exact) mass is 443 g/mol. The van der Waals surface area contributed by atoms with Gasteiger partial charge in [0, 0.05) is 11.8 Å². The molecule has 168 valence electrons. The second-order valence-electron chi connectivity index (χ2n) is 7.11. The molecule has 0 aromatic heterocycles. The highest BCUT2D eigenvalue weighted by molar-refractivity contribution is 5.89. The summed E-state index contributed by atoms with van der Waals surface area (Å²) in [5, 5.41) is 6.97. The summed E-state index contributed by atoms with van der Waals surface area (Å²) in [5.74, 6) is 0.404. The van der Waals surface area contributed by atoms with E-state index in [1.165, 1.54) is 12.3 Å². The van der Waals surface area contributed by atoms with Crippen molar-refractivity contribution >= 4 is 29.9 Å². The molecule has 0 aliphatic carbocycles. The zero-order valence-electron chi connectivity index (χ0n) is 18.4. The van der Waals surface area contributed by atoms with Crippen molar-refractivity contribution in [1.82, 2.24) is 5.43 Å². The number of benzene rings is 3. The Morgan fingerprint density at radius 3 is 2.18 bits per heavy atom. The lowest BCUT2D eigenvalue weighted by atomic mass is 10.2. The predicted molar refractivity (Wildman–Crippen MR) is 130 cm³/mol. The van der Waals surface area contributed by atoms with Gasteiger partial charge in [-0.05, 0) is 72.7 Å². The van der Waals surface area contributed by atoms with Crippen molar-refractivity contribution in [2.45, 2.75) is 6.92 Å². The van der Waals surface area contributed by atoms with E-state index in [-0.39, 0.29) is 12.5 Å². The summed E-state index contributed by atoms with van der Waals surface area (Å²) in [7, 11) is 1.60. The Hall–Kier alpha value is -4.39. The Labute approximate surface area is 192 Å². The molecule has 0 saturated carbocycles. The fraction of sp³-hybridized carbons (Fsp3) is 0.115. The summed E-state index contributed by atoms with van der Waals surface area (Å²) in [6.45, 7) is 2.11. The lowest BCUT2D eigenvalue weighted by Gasteiger charge is -2.05. The average molecular weight is 444 g/mol. The number of nitrogens with one attached hydrogen (secondary N) is 2. The first kappa shape index (κ1) is 23.3. The van der Waals surface area contributed by atoms with Gasteiger partial charge in [0.05, 0.1) is 19.9 Å². The topological polar surface area (TPSA) is 89.0 Å². The zero-order chi connectivity index (χ0) is 23.5. The summed E-state index contributed by atoms with van der Waals surface area (Å²) in [6.07, 6.45) is 4.54. The summed E-state index contributed by atoms with van der Waals surface area (Å²) in [5.41, 5.74) is 6.08. The second-order valence-corrected chi connectivity index (χ2v) is 7.11. The molecule has 3 aromatic carbocycles. The molecule has 1 amide bonds. The number of anilines is 1. The van der Waals surface area contributed by atoms with Crippen LogP contribution in [-0.4, -0.2) is 31.7 Å². The van der Waals surface area contributed by atoms with E-state index in [9.17, 15) is 9.59 Å². The molecule has 7 nitrogen and oxygen atoms in total. The first-order valence-corrected chi connectivity index (χ1v) is 10.3. The van der Waals surface area contributed by atoms with Crippen LogP contribution in [0.15, 0.2) is 84.0 Å². The summed E-state index contributed by atoms with van der Waals surface area (Å²) in [4.78, 5) is 23.9. The van der Waals surface area contributed by atoms with Gasteiger partial charge in [-0.15, -0.1) is 0 Å². The Kier molecular flexibility index (Phi) is 8.36. The lowest BCUT2D eigenvalue weighted by Crippen LogP contribution is -2.25. The molecule has 0 aliphatic heterocycles. The van der Waals surface area contributed by atoms with Crippen LogP contribution in [0.2, 0.25) is 0 Å². The standard InChI is InChI=1S/C26H25N3O4/c1-19-3-10-22(11-4-19)27-18-25(30)29-28-17-21-7-14-24(15-8-21)33-26(31)16-9-20-5-12-23(32-2)13-6-20/h3-17,27H,18H2,1-2H3,(H,29,30)/b16-9+,28-17+. The van der Waals surface area contributed by atoms with Gasteiger partial charge in [0.15, 0.2) is 0 Å². The van der Waals surface area contributed by atoms with Crippen molar-refractivity contribution in [3.05, 3.63) is 95.6 Å². The van der Waals surface area contributed by atoms with Crippen LogP contribution in [0.1, 0.15) is 16.7 Å². The van der Waals surface area contributed by atoms with Gasteiger partial charge < -0.3 is 14.8 Å². The Balaban J connectivity index is 1.42. The van der Waals surface area contributed by atoms with Gasteiger partial charge in [0.25, 0.3) is 5.91 Å². The fourth-order valence-electron chi connectivity index (χ4n) is 2.72. The van der Waals surface area contributed by atoms with Crippen LogP contribution in [0, 0.1) is 6.92 Å². The average Bonchev–Trinajstić information content (AvgIpc) is 2.84. The van der Waals surface area contributed by atoms with Gasteiger partial charge in [-0.2, -0.15) is 5.10 Å². The number of hydrogen-bond donors (Lipinski definition) is 2. The maximum atomic E-state index is 12.0.